The van der Waals surface area contributed by atoms with Crippen LogP contribution in [0.15, 0.2) is 42.9 Å². The summed E-state index contributed by atoms with van der Waals surface area (Å²) in [7, 11) is 1.95. The zero-order chi connectivity index (χ0) is 15.5. The van der Waals surface area contributed by atoms with Crippen LogP contribution < -0.4 is 5.32 Å². The van der Waals surface area contributed by atoms with Gasteiger partial charge in [-0.05, 0) is 24.6 Å². The zero-order valence-corrected chi connectivity index (χ0v) is 12.5. The number of imidazole rings is 1. The van der Waals surface area contributed by atoms with Crippen LogP contribution in [-0.4, -0.2) is 19.7 Å². The third kappa shape index (κ3) is 2.92. The topological polar surface area (TPSA) is 58.5 Å². The molecule has 2 aromatic heterocycles. The first kappa shape index (κ1) is 14.5. The number of nitrogens with one attached hydrogen (secondary N) is 2. The molecule has 0 aliphatic rings. The molecule has 2 N–H and O–H groups in total. The van der Waals surface area contributed by atoms with E-state index in [0.29, 0.717) is 6.54 Å². The minimum atomic E-state index is -0.243. The molecular weight excluding hydrogens is 281 g/mol. The summed E-state index contributed by atoms with van der Waals surface area (Å²) in [5.74, 6) is 0.640. The third-order valence-electron chi connectivity index (χ3n) is 3.75. The lowest BCUT2D eigenvalue weighted by molar-refractivity contribution is 0.555. The predicted molar refractivity (Wildman–Crippen MR) is 81.6 cm³/mol. The molecule has 3 rings (SSSR count). The highest BCUT2D eigenvalue weighted by Crippen LogP contribution is 2.21. The van der Waals surface area contributed by atoms with Gasteiger partial charge in [0.05, 0.1) is 12.2 Å². The minimum absolute atomic E-state index is 0.116. The number of nitrogens with zero attached hydrogens (tertiary/aromatic N) is 3. The van der Waals surface area contributed by atoms with E-state index < -0.39 is 0 Å². The molecule has 22 heavy (non-hydrogen) atoms. The van der Waals surface area contributed by atoms with Gasteiger partial charge in [0, 0.05) is 37.2 Å². The van der Waals surface area contributed by atoms with Gasteiger partial charge in [0.1, 0.15) is 11.6 Å². The van der Waals surface area contributed by atoms with Crippen molar-refractivity contribution in [2.75, 3.05) is 0 Å². The summed E-state index contributed by atoms with van der Waals surface area (Å²) >= 11 is 0. The number of aromatic amines is 1. The number of aryl methyl sites for hydroxylation is 2. The van der Waals surface area contributed by atoms with E-state index in [1.54, 1.807) is 18.3 Å². The third-order valence-corrected chi connectivity index (χ3v) is 3.75. The second-order valence-electron chi connectivity index (χ2n) is 5.28. The molecule has 1 aromatic carbocycles. The number of rotatable bonds is 5. The van der Waals surface area contributed by atoms with Crippen LogP contribution in [-0.2, 0) is 13.6 Å². The highest BCUT2D eigenvalue weighted by Gasteiger charge is 2.18. The van der Waals surface area contributed by atoms with Crippen molar-refractivity contribution in [2.24, 2.45) is 7.05 Å². The Labute approximate surface area is 128 Å². The standard InChI is InChI=1S/C16H18FN5/c1-11-13(10-20-21-11)9-19-15(16-18-7-8-22(16)2)12-3-5-14(17)6-4-12/h3-8,10,15,19H,9H2,1-2H3,(H,20,21)/t15-/m1/s1. The van der Waals surface area contributed by atoms with E-state index in [0.717, 1.165) is 22.6 Å². The minimum Gasteiger partial charge on any atom is -0.336 e. The molecule has 0 saturated heterocycles. The van der Waals surface area contributed by atoms with E-state index in [9.17, 15) is 4.39 Å². The number of benzene rings is 1. The van der Waals surface area contributed by atoms with E-state index in [1.807, 2.05) is 30.9 Å². The molecule has 0 aliphatic carbocycles. The lowest BCUT2D eigenvalue weighted by Crippen LogP contribution is -2.25. The van der Waals surface area contributed by atoms with Gasteiger partial charge in [-0.25, -0.2) is 9.37 Å². The molecule has 0 unspecified atom stereocenters. The average molecular weight is 299 g/mol. The van der Waals surface area contributed by atoms with Gasteiger partial charge in [0.2, 0.25) is 0 Å². The van der Waals surface area contributed by atoms with Crippen molar-refractivity contribution < 1.29 is 4.39 Å². The van der Waals surface area contributed by atoms with Crippen LogP contribution in [0.1, 0.15) is 28.7 Å². The van der Waals surface area contributed by atoms with Gasteiger partial charge in [-0.3, -0.25) is 10.4 Å². The van der Waals surface area contributed by atoms with Crippen molar-refractivity contribution in [3.05, 3.63) is 71.3 Å². The molecule has 2 heterocycles. The first-order valence-electron chi connectivity index (χ1n) is 7.10. The summed E-state index contributed by atoms with van der Waals surface area (Å²) in [6.07, 6.45) is 5.47. The zero-order valence-electron chi connectivity index (χ0n) is 12.5. The van der Waals surface area contributed by atoms with Gasteiger partial charge < -0.3 is 4.57 Å². The Bertz CT molecular complexity index is 744. The van der Waals surface area contributed by atoms with Gasteiger partial charge in [-0.2, -0.15) is 5.10 Å². The fraction of sp³-hybridized carbons (Fsp3) is 0.250. The molecule has 0 radical (unpaired) electrons. The van der Waals surface area contributed by atoms with Crippen LogP contribution in [0.5, 0.6) is 0 Å². The largest absolute Gasteiger partial charge is 0.336 e. The fourth-order valence-electron chi connectivity index (χ4n) is 2.43. The van der Waals surface area contributed by atoms with Gasteiger partial charge >= 0.3 is 0 Å². The van der Waals surface area contributed by atoms with Gasteiger partial charge in [0.15, 0.2) is 0 Å². The van der Waals surface area contributed by atoms with E-state index >= 15 is 0 Å². The molecular formula is C16H18FN5. The summed E-state index contributed by atoms with van der Waals surface area (Å²) in [6.45, 7) is 2.63. The van der Waals surface area contributed by atoms with Crippen molar-refractivity contribution in [1.29, 1.82) is 0 Å². The maximum Gasteiger partial charge on any atom is 0.130 e. The molecule has 114 valence electrons. The molecule has 1 atom stereocenters. The molecule has 0 aliphatic heterocycles. The monoisotopic (exact) mass is 299 g/mol. The van der Waals surface area contributed by atoms with Gasteiger partial charge in [-0.15, -0.1) is 0 Å². The molecule has 0 amide bonds. The van der Waals surface area contributed by atoms with Gasteiger partial charge in [-0.1, -0.05) is 12.1 Å². The quantitative estimate of drug-likeness (QED) is 0.761. The Hall–Kier alpha value is -2.47. The van der Waals surface area contributed by atoms with E-state index in [1.165, 1.54) is 12.1 Å². The molecule has 6 heteroatoms. The molecule has 0 spiro atoms. The molecule has 0 bridgehead atoms. The Morgan fingerprint density at radius 2 is 2.09 bits per heavy atom. The highest BCUT2D eigenvalue weighted by atomic mass is 19.1. The summed E-state index contributed by atoms with van der Waals surface area (Å²) in [5, 5.41) is 10.4. The summed E-state index contributed by atoms with van der Waals surface area (Å²) in [5.41, 5.74) is 3.10. The van der Waals surface area contributed by atoms with Crippen molar-refractivity contribution in [2.45, 2.75) is 19.5 Å². The predicted octanol–water partition coefficient (Wildman–Crippen LogP) is 2.47. The van der Waals surface area contributed by atoms with E-state index in [2.05, 4.69) is 20.5 Å². The SMILES string of the molecule is Cc1[nH]ncc1CN[C@H](c1ccc(F)cc1)c1nccn1C. The molecule has 5 nitrogen and oxygen atoms in total. The Morgan fingerprint density at radius 1 is 1.32 bits per heavy atom. The Morgan fingerprint density at radius 3 is 2.68 bits per heavy atom. The number of halogens is 1. The maximum atomic E-state index is 13.2. The van der Waals surface area contributed by atoms with Crippen molar-refractivity contribution in [3.8, 4) is 0 Å². The Kier molecular flexibility index (Phi) is 4.02. The summed E-state index contributed by atoms with van der Waals surface area (Å²) < 4.78 is 15.1. The second-order valence-corrected chi connectivity index (χ2v) is 5.28. The molecule has 0 fully saturated rings. The number of aromatic nitrogens is 4. The lowest BCUT2D eigenvalue weighted by atomic mass is 10.1. The van der Waals surface area contributed by atoms with Crippen LogP contribution >= 0.6 is 0 Å². The van der Waals surface area contributed by atoms with Crippen molar-refractivity contribution in [1.82, 2.24) is 25.1 Å². The normalized spacial score (nSPS) is 12.5. The molecule has 3 aromatic rings. The smallest absolute Gasteiger partial charge is 0.130 e. The lowest BCUT2D eigenvalue weighted by Gasteiger charge is -2.19. The van der Waals surface area contributed by atoms with E-state index in [-0.39, 0.29) is 11.9 Å². The van der Waals surface area contributed by atoms with Crippen LogP contribution in [0, 0.1) is 12.7 Å². The highest BCUT2D eigenvalue weighted by molar-refractivity contribution is 5.26. The van der Waals surface area contributed by atoms with Crippen molar-refractivity contribution >= 4 is 0 Å². The Balaban J connectivity index is 1.88. The summed E-state index contributed by atoms with van der Waals surface area (Å²) in [4.78, 5) is 4.42. The fourth-order valence-corrected chi connectivity index (χ4v) is 2.43. The summed E-state index contributed by atoms with van der Waals surface area (Å²) in [6, 6.07) is 6.38. The number of hydrogen-bond donors (Lipinski definition) is 2. The van der Waals surface area contributed by atoms with Crippen LogP contribution in [0.3, 0.4) is 0 Å². The van der Waals surface area contributed by atoms with Crippen LogP contribution in [0.2, 0.25) is 0 Å². The van der Waals surface area contributed by atoms with Gasteiger partial charge in [0.25, 0.3) is 0 Å². The molecule has 0 saturated carbocycles. The van der Waals surface area contributed by atoms with Crippen molar-refractivity contribution in [3.63, 3.8) is 0 Å². The first-order chi connectivity index (χ1) is 10.6. The number of H-pyrrole nitrogens is 1. The van der Waals surface area contributed by atoms with Crippen LogP contribution in [0.25, 0.3) is 0 Å². The van der Waals surface area contributed by atoms with E-state index in [4.69, 9.17) is 0 Å². The maximum absolute atomic E-state index is 13.2. The van der Waals surface area contributed by atoms with Crippen LogP contribution in [0.4, 0.5) is 4.39 Å². The average Bonchev–Trinajstić information content (AvgIpc) is 3.11. The second kappa shape index (κ2) is 6.11. The number of hydrogen-bond acceptors (Lipinski definition) is 3. The first-order valence-corrected chi connectivity index (χ1v) is 7.10.